The van der Waals surface area contributed by atoms with Crippen LogP contribution in [0.2, 0.25) is 10.3 Å². The highest BCUT2D eigenvalue weighted by Gasteiger charge is 2.41. The number of carbonyl (C=O) groups is 3. The van der Waals surface area contributed by atoms with Crippen molar-refractivity contribution < 1.29 is 43.0 Å². The number of nitrogens with one attached hydrogen (secondary N) is 3. The summed E-state index contributed by atoms with van der Waals surface area (Å²) in [5, 5.41) is 16.1. The van der Waals surface area contributed by atoms with Gasteiger partial charge in [-0.2, -0.15) is 15.0 Å². The summed E-state index contributed by atoms with van der Waals surface area (Å²) in [4.78, 5) is 65.6. The van der Waals surface area contributed by atoms with Crippen LogP contribution >= 0.6 is 30.8 Å². The van der Waals surface area contributed by atoms with Crippen LogP contribution in [-0.4, -0.2) is 93.5 Å². The Morgan fingerprint density at radius 1 is 1.10 bits per heavy atom. The van der Waals surface area contributed by atoms with Gasteiger partial charge in [-0.25, -0.2) is 9.29 Å². The van der Waals surface area contributed by atoms with E-state index in [-0.39, 0.29) is 21.7 Å². The number of aliphatic carboxylic acids is 1. The molecule has 1 aliphatic carbocycles. The molecule has 2 atom stereocenters. The average molecular weight is 795 g/mol. The second-order valence-corrected chi connectivity index (χ2v) is 15.7. The number of ether oxygens (including phenoxy) is 1. The smallest absolute Gasteiger partial charge is 0.317 e. The summed E-state index contributed by atoms with van der Waals surface area (Å²) in [5.41, 5.74) is 0.808. The van der Waals surface area contributed by atoms with Gasteiger partial charge in [0.2, 0.25) is 17.2 Å². The van der Waals surface area contributed by atoms with E-state index in [1.165, 1.54) is 6.07 Å². The molecule has 2 aromatic rings. The van der Waals surface area contributed by atoms with E-state index in [4.69, 9.17) is 44.4 Å². The fourth-order valence-electron chi connectivity index (χ4n) is 4.09. The average Bonchev–Trinajstić information content (AvgIpc) is 3.27. The summed E-state index contributed by atoms with van der Waals surface area (Å²) in [5.74, 6) is 0.632. The SMILES string of the molecule is C#CC(C)Oc1cc(N2C(=O)C3=C(CCCC3)C2=O)c(F)cc1Cl.CCNc1nc(Cl)nc(NCC)n1.C[S+](C)C.O=C(O)CNCP(=O)([O-])O. The number of benzene rings is 1. The molecular weight excluding hydrogens is 751 g/mol. The second-order valence-electron chi connectivity index (χ2n) is 10.9. The van der Waals surface area contributed by atoms with Crippen molar-refractivity contribution in [1.82, 2.24) is 20.3 Å². The molecule has 282 valence electrons. The Morgan fingerprint density at radius 3 is 2.00 bits per heavy atom. The maximum Gasteiger partial charge on any atom is 0.317 e. The summed E-state index contributed by atoms with van der Waals surface area (Å²) in [6, 6.07) is 2.27. The Hall–Kier alpha value is -3.49. The number of amides is 2. The molecule has 1 aromatic carbocycles. The maximum atomic E-state index is 14.4. The Morgan fingerprint density at radius 2 is 1.59 bits per heavy atom. The highest BCUT2D eigenvalue weighted by molar-refractivity contribution is 7.94. The molecule has 0 radical (unpaired) electrons. The first-order valence-corrected chi connectivity index (χ1v) is 20.4. The van der Waals surface area contributed by atoms with Gasteiger partial charge in [0, 0.05) is 30.3 Å². The summed E-state index contributed by atoms with van der Waals surface area (Å²) in [6.07, 6.45) is 13.3. The molecule has 5 N–H and O–H groups in total. The largest absolute Gasteiger partial charge is 0.778 e. The number of terminal acetylenes is 1. The Balaban J connectivity index is 0.000000405. The number of rotatable bonds is 11. The number of aromatic nitrogens is 3. The molecule has 4 rings (SSSR count). The summed E-state index contributed by atoms with van der Waals surface area (Å²) >= 11 is 11.7. The summed E-state index contributed by atoms with van der Waals surface area (Å²) in [6.45, 7) is 6.59. The zero-order valence-electron chi connectivity index (χ0n) is 29.1. The molecule has 0 saturated carbocycles. The van der Waals surface area contributed by atoms with Gasteiger partial charge >= 0.3 is 5.97 Å². The van der Waals surface area contributed by atoms with Gasteiger partial charge < -0.3 is 34.8 Å². The van der Waals surface area contributed by atoms with Gasteiger partial charge in [0.15, 0.2) is 6.10 Å². The lowest BCUT2D eigenvalue weighted by Crippen LogP contribution is -2.32. The first-order chi connectivity index (χ1) is 23.8. The summed E-state index contributed by atoms with van der Waals surface area (Å²) < 4.78 is 29.8. The van der Waals surface area contributed by atoms with Crippen LogP contribution in [0.4, 0.5) is 22.0 Å². The van der Waals surface area contributed by atoms with Crippen molar-refractivity contribution in [2.24, 2.45) is 0 Å². The number of carboxylic acid groups (broad SMARTS) is 1. The highest BCUT2D eigenvalue weighted by Crippen LogP contribution is 2.39. The molecular formula is C31H43Cl2FN7O8PS. The third-order valence-electron chi connectivity index (χ3n) is 6.04. The van der Waals surface area contributed by atoms with Gasteiger partial charge in [0.05, 0.1) is 42.3 Å². The third-order valence-corrected chi connectivity index (χ3v) is 7.12. The molecule has 2 aliphatic rings. The number of imide groups is 1. The van der Waals surface area contributed by atoms with Crippen LogP contribution in [0.3, 0.4) is 0 Å². The molecule has 51 heavy (non-hydrogen) atoms. The molecule has 2 unspecified atom stereocenters. The van der Waals surface area contributed by atoms with Crippen LogP contribution in [-0.2, 0) is 29.8 Å². The van der Waals surface area contributed by atoms with Gasteiger partial charge in [0.1, 0.15) is 19.2 Å². The topological polar surface area (TPSA) is 219 Å². The van der Waals surface area contributed by atoms with E-state index in [0.29, 0.717) is 46.8 Å². The second kappa shape index (κ2) is 22.4. The van der Waals surface area contributed by atoms with Gasteiger partial charge in [-0.3, -0.25) is 19.7 Å². The van der Waals surface area contributed by atoms with Crippen molar-refractivity contribution in [3.05, 3.63) is 39.4 Å². The van der Waals surface area contributed by atoms with Crippen molar-refractivity contribution in [3.8, 4) is 18.1 Å². The van der Waals surface area contributed by atoms with Crippen molar-refractivity contribution in [2.75, 3.05) is 60.2 Å². The molecule has 2 amide bonds. The minimum absolute atomic E-state index is 0.0233. The van der Waals surface area contributed by atoms with Crippen LogP contribution in [0.1, 0.15) is 46.5 Å². The Kier molecular flexibility index (Phi) is 20.0. The van der Waals surface area contributed by atoms with E-state index in [2.05, 4.69) is 50.3 Å². The fraction of sp³-hybridized carbons (Fsp3) is 0.484. The first-order valence-electron chi connectivity index (χ1n) is 15.4. The van der Waals surface area contributed by atoms with E-state index < -0.39 is 50.1 Å². The van der Waals surface area contributed by atoms with E-state index in [1.54, 1.807) is 6.92 Å². The molecule has 0 spiro atoms. The molecule has 0 fully saturated rings. The number of hydrogen-bond acceptors (Lipinski definition) is 12. The molecule has 0 bridgehead atoms. The van der Waals surface area contributed by atoms with E-state index >= 15 is 0 Å². The lowest BCUT2D eigenvalue weighted by Gasteiger charge is -2.19. The molecule has 2 heterocycles. The number of halogens is 3. The van der Waals surface area contributed by atoms with Gasteiger partial charge in [-0.15, -0.1) is 6.42 Å². The molecule has 1 aromatic heterocycles. The molecule has 1 aliphatic heterocycles. The number of hydrogen-bond donors (Lipinski definition) is 5. The van der Waals surface area contributed by atoms with Crippen LogP contribution < -0.4 is 30.5 Å². The molecule has 15 nitrogen and oxygen atoms in total. The van der Waals surface area contributed by atoms with Crippen molar-refractivity contribution in [3.63, 3.8) is 0 Å². The van der Waals surface area contributed by atoms with Crippen molar-refractivity contribution in [2.45, 2.75) is 52.6 Å². The minimum Gasteiger partial charge on any atom is -0.778 e. The van der Waals surface area contributed by atoms with Crippen LogP contribution in [0, 0.1) is 18.2 Å². The standard InChI is InChI=1S/C18H15ClFNO3.C7H12ClN5.C3H8NO5P.C3H9S/c1-3-10(2)24-16-9-15(14(20)8-13(16)19)21-17(22)11-6-4-5-7-12(11)18(21)23;1-3-9-6-11-5(8)12-7(13-6)10-4-2;5-3(6)1-4-2-10(7,8)9;1-4(2)3/h1,8-10H,4-7H2,2H3;3-4H2,1-2H3,(H2,9,10,11,12,13);4H,1-2H2,(H,5,6)(H2,7,8,9);1-3H3/q;;;+1/p-1. The minimum atomic E-state index is -4.35. The van der Waals surface area contributed by atoms with Crippen molar-refractivity contribution in [1.29, 1.82) is 0 Å². The number of nitrogens with zero attached hydrogens (tertiary/aromatic N) is 4. The Labute approximate surface area is 309 Å². The highest BCUT2D eigenvalue weighted by atomic mass is 35.5. The van der Waals surface area contributed by atoms with E-state index in [9.17, 15) is 28.2 Å². The zero-order chi connectivity index (χ0) is 38.9. The fourth-order valence-corrected chi connectivity index (χ4v) is 4.84. The van der Waals surface area contributed by atoms with Crippen LogP contribution in [0.5, 0.6) is 5.75 Å². The number of carboxylic acids is 1. The maximum absolute atomic E-state index is 14.4. The van der Waals surface area contributed by atoms with Gasteiger partial charge in [0.25, 0.3) is 11.8 Å². The quantitative estimate of drug-likeness (QED) is 0.0950. The van der Waals surface area contributed by atoms with Gasteiger partial charge in [-0.05, 0) is 75.0 Å². The van der Waals surface area contributed by atoms with Crippen LogP contribution in [0.25, 0.3) is 0 Å². The Bertz CT molecular complexity index is 1590. The van der Waals surface area contributed by atoms with E-state index in [0.717, 1.165) is 36.9 Å². The number of carbonyl (C=O) groups excluding carboxylic acids is 2. The van der Waals surface area contributed by atoms with Gasteiger partial charge in [-0.1, -0.05) is 17.5 Å². The third kappa shape index (κ3) is 16.6. The molecule has 20 heteroatoms. The van der Waals surface area contributed by atoms with Crippen LogP contribution in [0.15, 0.2) is 23.3 Å². The predicted octanol–water partition coefficient (Wildman–Crippen LogP) is 3.67. The van der Waals surface area contributed by atoms with Crippen molar-refractivity contribution >= 4 is 77.1 Å². The lowest BCUT2D eigenvalue weighted by atomic mass is 9.93. The molecule has 0 saturated heterocycles. The normalized spacial score (nSPS) is 15.1. The predicted molar refractivity (Wildman–Crippen MR) is 197 cm³/mol. The zero-order valence-corrected chi connectivity index (χ0v) is 32.3. The monoisotopic (exact) mass is 793 g/mol. The summed E-state index contributed by atoms with van der Waals surface area (Å²) in [7, 11) is -3.71. The van der Waals surface area contributed by atoms with E-state index in [1.807, 2.05) is 19.2 Å². The first kappa shape index (κ1) is 45.5. The lowest BCUT2D eigenvalue weighted by molar-refractivity contribution is -0.193. The number of anilines is 3.